The van der Waals surface area contributed by atoms with Crippen molar-refractivity contribution in [1.29, 1.82) is 0 Å². The standard InChI is InChI=1S/C10H12FNOS/c1-8-5-9(11)7-10(6-8)12-14(13)3-2-4-14/h5-7H,2-4H2,1H3. The molecule has 1 aromatic rings. The molecule has 2 rings (SSSR count). The van der Waals surface area contributed by atoms with E-state index in [1.165, 1.54) is 12.1 Å². The maximum absolute atomic E-state index is 13.0. The van der Waals surface area contributed by atoms with Crippen molar-refractivity contribution in [2.75, 3.05) is 11.5 Å². The van der Waals surface area contributed by atoms with E-state index < -0.39 is 9.73 Å². The van der Waals surface area contributed by atoms with Crippen molar-refractivity contribution in [3.8, 4) is 0 Å². The Hall–Kier alpha value is -0.900. The van der Waals surface area contributed by atoms with Gasteiger partial charge in [-0.1, -0.05) is 0 Å². The number of aryl methyl sites for hydroxylation is 1. The van der Waals surface area contributed by atoms with Crippen LogP contribution in [0.5, 0.6) is 0 Å². The van der Waals surface area contributed by atoms with Crippen molar-refractivity contribution in [3.05, 3.63) is 29.6 Å². The maximum atomic E-state index is 13.0. The topological polar surface area (TPSA) is 29.4 Å². The van der Waals surface area contributed by atoms with Gasteiger partial charge in [0.1, 0.15) is 5.82 Å². The van der Waals surface area contributed by atoms with Gasteiger partial charge in [0.15, 0.2) is 0 Å². The summed E-state index contributed by atoms with van der Waals surface area (Å²) in [5, 5.41) is 0. The Morgan fingerprint density at radius 1 is 1.36 bits per heavy atom. The lowest BCUT2D eigenvalue weighted by Gasteiger charge is -2.17. The highest BCUT2D eigenvalue weighted by atomic mass is 32.2. The summed E-state index contributed by atoms with van der Waals surface area (Å²) in [5.41, 5.74) is 1.32. The molecule has 76 valence electrons. The summed E-state index contributed by atoms with van der Waals surface area (Å²) in [7, 11) is -2.02. The lowest BCUT2D eigenvalue weighted by molar-refractivity contribution is 0.627. The van der Waals surface area contributed by atoms with E-state index in [0.717, 1.165) is 12.0 Å². The van der Waals surface area contributed by atoms with Crippen LogP contribution in [0, 0.1) is 12.7 Å². The van der Waals surface area contributed by atoms with E-state index in [-0.39, 0.29) is 5.82 Å². The summed E-state index contributed by atoms with van der Waals surface area (Å²) in [6, 6.07) is 4.53. The second-order valence-corrected chi connectivity index (χ2v) is 6.16. The van der Waals surface area contributed by atoms with Crippen molar-refractivity contribution in [3.63, 3.8) is 0 Å². The number of hydrogen-bond donors (Lipinski definition) is 0. The Morgan fingerprint density at radius 2 is 2.07 bits per heavy atom. The van der Waals surface area contributed by atoms with Gasteiger partial charge in [-0.05, 0) is 31.0 Å². The number of nitrogens with zero attached hydrogens (tertiary/aromatic N) is 1. The van der Waals surface area contributed by atoms with Crippen LogP contribution in [0.3, 0.4) is 0 Å². The molecular formula is C10H12FNOS. The molecule has 0 N–H and O–H groups in total. The fourth-order valence-electron chi connectivity index (χ4n) is 1.44. The summed E-state index contributed by atoms with van der Waals surface area (Å²) in [5.74, 6) is 0.997. The van der Waals surface area contributed by atoms with E-state index in [1.54, 1.807) is 13.0 Å². The first-order chi connectivity index (χ1) is 6.57. The Kier molecular flexibility index (Phi) is 2.31. The first kappa shape index (κ1) is 9.65. The lowest BCUT2D eigenvalue weighted by atomic mass is 10.2. The molecule has 0 atom stereocenters. The van der Waals surface area contributed by atoms with E-state index >= 15 is 0 Å². The second-order valence-electron chi connectivity index (χ2n) is 3.61. The molecule has 0 amide bonds. The van der Waals surface area contributed by atoms with Crippen LogP contribution in [-0.2, 0) is 9.73 Å². The summed E-state index contributed by atoms with van der Waals surface area (Å²) in [6.45, 7) is 1.80. The molecular weight excluding hydrogens is 201 g/mol. The average molecular weight is 213 g/mol. The van der Waals surface area contributed by atoms with Crippen LogP contribution in [0.4, 0.5) is 10.1 Å². The minimum absolute atomic E-state index is 0.314. The quantitative estimate of drug-likeness (QED) is 0.705. The van der Waals surface area contributed by atoms with Gasteiger partial charge in [-0.25, -0.2) is 8.60 Å². The predicted octanol–water partition coefficient (Wildman–Crippen LogP) is 2.64. The van der Waals surface area contributed by atoms with Gasteiger partial charge in [0.2, 0.25) is 0 Å². The molecule has 0 unspecified atom stereocenters. The molecule has 4 heteroatoms. The zero-order valence-electron chi connectivity index (χ0n) is 8.00. The van der Waals surface area contributed by atoms with Gasteiger partial charge in [-0.2, -0.15) is 4.36 Å². The van der Waals surface area contributed by atoms with Crippen LogP contribution in [0.15, 0.2) is 22.6 Å². The molecule has 1 fully saturated rings. The van der Waals surface area contributed by atoms with Gasteiger partial charge >= 0.3 is 0 Å². The van der Waals surface area contributed by atoms with Gasteiger partial charge in [0.25, 0.3) is 0 Å². The van der Waals surface area contributed by atoms with Crippen LogP contribution in [0.2, 0.25) is 0 Å². The molecule has 1 saturated heterocycles. The highest BCUT2D eigenvalue weighted by Gasteiger charge is 2.19. The van der Waals surface area contributed by atoms with E-state index in [4.69, 9.17) is 0 Å². The minimum Gasteiger partial charge on any atom is -0.249 e. The summed E-state index contributed by atoms with van der Waals surface area (Å²) in [6.07, 6.45) is 0.969. The van der Waals surface area contributed by atoms with Crippen molar-refractivity contribution in [1.82, 2.24) is 0 Å². The molecule has 1 aliphatic heterocycles. The zero-order chi connectivity index (χ0) is 10.2. The molecule has 1 aliphatic rings. The Morgan fingerprint density at radius 3 is 2.57 bits per heavy atom. The molecule has 14 heavy (non-hydrogen) atoms. The van der Waals surface area contributed by atoms with Crippen LogP contribution >= 0.6 is 0 Å². The molecule has 0 saturated carbocycles. The monoisotopic (exact) mass is 213 g/mol. The smallest absolute Gasteiger partial charge is 0.125 e. The normalized spacial score (nSPS) is 18.7. The van der Waals surface area contributed by atoms with Crippen molar-refractivity contribution in [2.24, 2.45) is 4.36 Å². The van der Waals surface area contributed by atoms with Crippen LogP contribution in [0.1, 0.15) is 12.0 Å². The van der Waals surface area contributed by atoms with Crippen LogP contribution in [0.25, 0.3) is 0 Å². The van der Waals surface area contributed by atoms with Crippen molar-refractivity contribution < 1.29 is 8.60 Å². The fourth-order valence-corrected chi connectivity index (χ4v) is 2.90. The molecule has 2 nitrogen and oxygen atoms in total. The Labute approximate surface area is 83.3 Å². The molecule has 0 bridgehead atoms. The van der Waals surface area contributed by atoms with Gasteiger partial charge in [-0.3, -0.25) is 0 Å². The summed E-state index contributed by atoms with van der Waals surface area (Å²) < 4.78 is 28.8. The zero-order valence-corrected chi connectivity index (χ0v) is 8.81. The number of rotatable bonds is 1. The first-order valence-corrected chi connectivity index (χ1v) is 6.42. The minimum atomic E-state index is -2.02. The van der Waals surface area contributed by atoms with Crippen LogP contribution in [-0.4, -0.2) is 15.7 Å². The second kappa shape index (κ2) is 3.35. The molecule has 0 aliphatic carbocycles. The lowest BCUT2D eigenvalue weighted by Crippen LogP contribution is -2.22. The van der Waals surface area contributed by atoms with E-state index in [2.05, 4.69) is 4.36 Å². The highest BCUT2D eigenvalue weighted by Crippen LogP contribution is 2.23. The van der Waals surface area contributed by atoms with Gasteiger partial charge in [0, 0.05) is 17.6 Å². The molecule has 1 heterocycles. The maximum Gasteiger partial charge on any atom is 0.125 e. The van der Waals surface area contributed by atoms with Gasteiger partial charge < -0.3 is 0 Å². The van der Waals surface area contributed by atoms with Gasteiger partial charge in [0.05, 0.1) is 15.4 Å². The predicted molar refractivity (Wildman–Crippen MR) is 55.7 cm³/mol. The molecule has 0 aromatic heterocycles. The summed E-state index contributed by atoms with van der Waals surface area (Å²) >= 11 is 0. The molecule has 1 aromatic carbocycles. The molecule has 0 spiro atoms. The average Bonchev–Trinajstić information content (AvgIpc) is 1.99. The third kappa shape index (κ3) is 1.95. The third-order valence-electron chi connectivity index (χ3n) is 2.23. The highest BCUT2D eigenvalue weighted by molar-refractivity contribution is 7.95. The SMILES string of the molecule is Cc1cc(F)cc(N=S2(=O)CCC2)c1. The fraction of sp³-hybridized carbons (Fsp3) is 0.400. The number of hydrogen-bond acceptors (Lipinski definition) is 2. The Balaban J connectivity index is 2.43. The van der Waals surface area contributed by atoms with E-state index in [0.29, 0.717) is 17.2 Å². The summed E-state index contributed by atoms with van der Waals surface area (Å²) in [4.78, 5) is 0. The van der Waals surface area contributed by atoms with Crippen molar-refractivity contribution >= 4 is 15.4 Å². The van der Waals surface area contributed by atoms with E-state index in [1.807, 2.05) is 0 Å². The first-order valence-electron chi connectivity index (χ1n) is 4.57. The third-order valence-corrected chi connectivity index (χ3v) is 4.62. The number of halogens is 1. The largest absolute Gasteiger partial charge is 0.249 e. The molecule has 0 radical (unpaired) electrons. The van der Waals surface area contributed by atoms with Crippen molar-refractivity contribution in [2.45, 2.75) is 13.3 Å². The Bertz CT molecular complexity index is 445. The number of benzene rings is 1. The van der Waals surface area contributed by atoms with Gasteiger partial charge in [-0.15, -0.1) is 0 Å². The van der Waals surface area contributed by atoms with E-state index in [9.17, 15) is 8.60 Å². The van der Waals surface area contributed by atoms with Crippen LogP contribution < -0.4 is 0 Å².